The zero-order valence-corrected chi connectivity index (χ0v) is 11.1. The molecule has 0 fully saturated rings. The zero-order valence-electron chi connectivity index (χ0n) is 10.3. The molecule has 0 aliphatic carbocycles. The number of rotatable bonds is 6. The molecular weight excluding hydrogens is 266 g/mol. The van der Waals surface area contributed by atoms with Gasteiger partial charge in [-0.25, -0.2) is 9.67 Å². The molecule has 0 amide bonds. The van der Waals surface area contributed by atoms with Crippen molar-refractivity contribution in [1.29, 1.82) is 0 Å². The van der Waals surface area contributed by atoms with E-state index in [1.807, 2.05) is 30.3 Å². The van der Waals surface area contributed by atoms with Crippen LogP contribution in [0.25, 0.3) is 0 Å². The minimum Gasteiger partial charge on any atom is -0.486 e. The van der Waals surface area contributed by atoms with Crippen molar-refractivity contribution in [3.8, 4) is 5.75 Å². The van der Waals surface area contributed by atoms with Crippen LogP contribution in [0.1, 0.15) is 5.82 Å². The lowest BCUT2D eigenvalue weighted by atomic mass is 10.3. The van der Waals surface area contributed by atoms with E-state index < -0.39 is 5.97 Å². The van der Waals surface area contributed by atoms with E-state index in [1.54, 1.807) is 11.7 Å². The molecule has 7 heteroatoms. The summed E-state index contributed by atoms with van der Waals surface area (Å²) in [7, 11) is 1.73. The first kappa shape index (κ1) is 13.4. The van der Waals surface area contributed by atoms with E-state index in [0.717, 1.165) is 17.5 Å². The zero-order chi connectivity index (χ0) is 13.7. The molecular formula is C12H13N3O3S. The normalized spacial score (nSPS) is 10.4. The van der Waals surface area contributed by atoms with Gasteiger partial charge in [0.2, 0.25) is 0 Å². The lowest BCUT2D eigenvalue weighted by Gasteiger charge is -2.01. The summed E-state index contributed by atoms with van der Waals surface area (Å²) >= 11 is 1.13. The van der Waals surface area contributed by atoms with Crippen LogP contribution in [-0.2, 0) is 18.4 Å². The number of hydrogen-bond donors (Lipinski definition) is 1. The average Bonchev–Trinajstić information content (AvgIpc) is 2.76. The fourth-order valence-electron chi connectivity index (χ4n) is 1.40. The van der Waals surface area contributed by atoms with E-state index in [4.69, 9.17) is 9.84 Å². The summed E-state index contributed by atoms with van der Waals surface area (Å²) < 4.78 is 7.07. The SMILES string of the molecule is Cn1nc(COc2ccccc2)nc1SCC(=O)O. The quantitative estimate of drug-likeness (QED) is 0.809. The molecule has 100 valence electrons. The maximum absolute atomic E-state index is 10.5. The second-order valence-corrected chi connectivity index (χ2v) is 4.66. The van der Waals surface area contributed by atoms with Gasteiger partial charge in [0, 0.05) is 7.05 Å². The highest BCUT2D eigenvalue weighted by atomic mass is 32.2. The van der Waals surface area contributed by atoms with Gasteiger partial charge in [-0.05, 0) is 12.1 Å². The van der Waals surface area contributed by atoms with Crippen LogP contribution in [0.5, 0.6) is 5.75 Å². The van der Waals surface area contributed by atoms with Crippen LogP contribution in [0.4, 0.5) is 0 Å². The summed E-state index contributed by atoms with van der Waals surface area (Å²) in [5, 5.41) is 13.4. The summed E-state index contributed by atoms with van der Waals surface area (Å²) in [6.07, 6.45) is 0. The Hall–Kier alpha value is -2.02. The van der Waals surface area contributed by atoms with Gasteiger partial charge in [0.15, 0.2) is 11.0 Å². The van der Waals surface area contributed by atoms with Crippen molar-refractivity contribution >= 4 is 17.7 Å². The molecule has 2 rings (SSSR count). The van der Waals surface area contributed by atoms with E-state index in [9.17, 15) is 4.79 Å². The number of carbonyl (C=O) groups is 1. The largest absolute Gasteiger partial charge is 0.486 e. The molecule has 19 heavy (non-hydrogen) atoms. The summed E-state index contributed by atoms with van der Waals surface area (Å²) in [6, 6.07) is 9.38. The lowest BCUT2D eigenvalue weighted by Crippen LogP contribution is -2.00. The molecule has 0 aliphatic rings. The summed E-state index contributed by atoms with van der Waals surface area (Å²) in [6.45, 7) is 0.255. The molecule has 2 aromatic rings. The Kier molecular flexibility index (Phi) is 4.40. The molecule has 0 saturated carbocycles. The smallest absolute Gasteiger partial charge is 0.313 e. The van der Waals surface area contributed by atoms with Crippen molar-refractivity contribution < 1.29 is 14.6 Å². The molecule has 1 aromatic carbocycles. The number of ether oxygens (including phenoxy) is 1. The van der Waals surface area contributed by atoms with Crippen LogP contribution < -0.4 is 4.74 Å². The van der Waals surface area contributed by atoms with Crippen molar-refractivity contribution in [2.75, 3.05) is 5.75 Å². The lowest BCUT2D eigenvalue weighted by molar-refractivity contribution is -0.133. The molecule has 0 unspecified atom stereocenters. The molecule has 0 aliphatic heterocycles. The van der Waals surface area contributed by atoms with Crippen LogP contribution in [0.3, 0.4) is 0 Å². The molecule has 0 bridgehead atoms. The van der Waals surface area contributed by atoms with Crippen molar-refractivity contribution in [2.45, 2.75) is 11.8 Å². The Bertz CT molecular complexity index is 557. The van der Waals surface area contributed by atoms with E-state index >= 15 is 0 Å². The molecule has 0 saturated heterocycles. The van der Waals surface area contributed by atoms with Crippen LogP contribution in [-0.4, -0.2) is 31.6 Å². The Morgan fingerprint density at radius 2 is 2.16 bits per heavy atom. The van der Waals surface area contributed by atoms with E-state index in [1.165, 1.54) is 0 Å². The number of nitrogens with zero attached hydrogens (tertiary/aromatic N) is 3. The van der Waals surface area contributed by atoms with Gasteiger partial charge in [-0.15, -0.1) is 0 Å². The van der Waals surface area contributed by atoms with Crippen molar-refractivity contribution in [1.82, 2.24) is 14.8 Å². The van der Waals surface area contributed by atoms with Crippen LogP contribution in [0.15, 0.2) is 35.5 Å². The minimum atomic E-state index is -0.880. The van der Waals surface area contributed by atoms with Crippen molar-refractivity contribution in [2.24, 2.45) is 7.05 Å². The second-order valence-electron chi connectivity index (χ2n) is 3.72. The minimum absolute atomic E-state index is 0.0362. The highest BCUT2D eigenvalue weighted by Gasteiger charge is 2.10. The molecule has 1 N–H and O–H groups in total. The third-order valence-electron chi connectivity index (χ3n) is 2.20. The number of aromatic nitrogens is 3. The van der Waals surface area contributed by atoms with E-state index in [2.05, 4.69) is 10.1 Å². The summed E-state index contributed by atoms with van der Waals surface area (Å²) in [4.78, 5) is 14.7. The second kappa shape index (κ2) is 6.24. The standard InChI is InChI=1S/C12H13N3O3S/c1-15-12(19-8-11(16)17)13-10(14-15)7-18-9-5-3-2-4-6-9/h2-6H,7-8H2,1H3,(H,16,17). The Labute approximate surface area is 114 Å². The number of carboxylic acid groups (broad SMARTS) is 1. The third-order valence-corrected chi connectivity index (χ3v) is 3.21. The number of carboxylic acids is 1. The molecule has 0 atom stereocenters. The van der Waals surface area contributed by atoms with Gasteiger partial charge in [0.25, 0.3) is 0 Å². The van der Waals surface area contributed by atoms with Crippen molar-refractivity contribution in [3.05, 3.63) is 36.2 Å². The molecule has 1 heterocycles. The van der Waals surface area contributed by atoms with Gasteiger partial charge >= 0.3 is 5.97 Å². The predicted octanol–water partition coefficient (Wildman–Crippen LogP) is 1.57. The average molecular weight is 279 g/mol. The first-order chi connectivity index (χ1) is 9.15. The van der Waals surface area contributed by atoms with Gasteiger partial charge in [0.05, 0.1) is 5.75 Å². The number of benzene rings is 1. The van der Waals surface area contributed by atoms with Gasteiger partial charge in [-0.1, -0.05) is 30.0 Å². The summed E-state index contributed by atoms with van der Waals surface area (Å²) in [5.74, 6) is 0.356. The molecule has 1 aromatic heterocycles. The topological polar surface area (TPSA) is 77.2 Å². The first-order valence-corrected chi connectivity index (χ1v) is 6.56. The monoisotopic (exact) mass is 279 g/mol. The van der Waals surface area contributed by atoms with Crippen LogP contribution in [0.2, 0.25) is 0 Å². The number of thioether (sulfide) groups is 1. The first-order valence-electron chi connectivity index (χ1n) is 5.57. The van der Waals surface area contributed by atoms with Crippen molar-refractivity contribution in [3.63, 3.8) is 0 Å². The molecule has 0 spiro atoms. The molecule has 6 nitrogen and oxygen atoms in total. The maximum atomic E-state index is 10.5. The highest BCUT2D eigenvalue weighted by Crippen LogP contribution is 2.15. The number of aryl methyl sites for hydroxylation is 1. The van der Waals surface area contributed by atoms with Gasteiger partial charge in [-0.3, -0.25) is 4.79 Å². The fraction of sp³-hybridized carbons (Fsp3) is 0.250. The van der Waals surface area contributed by atoms with Gasteiger partial charge in [-0.2, -0.15) is 5.10 Å². The third kappa shape index (κ3) is 3.99. The number of para-hydroxylation sites is 1. The number of aliphatic carboxylic acids is 1. The Balaban J connectivity index is 1.94. The highest BCUT2D eigenvalue weighted by molar-refractivity contribution is 7.99. The number of hydrogen-bond acceptors (Lipinski definition) is 5. The predicted molar refractivity (Wildman–Crippen MR) is 70.1 cm³/mol. The van der Waals surface area contributed by atoms with Crippen LogP contribution >= 0.6 is 11.8 Å². The van der Waals surface area contributed by atoms with Gasteiger partial charge < -0.3 is 9.84 Å². The maximum Gasteiger partial charge on any atom is 0.313 e. The summed E-state index contributed by atoms with van der Waals surface area (Å²) in [5.41, 5.74) is 0. The van der Waals surface area contributed by atoms with E-state index in [-0.39, 0.29) is 12.4 Å². The Morgan fingerprint density at radius 1 is 1.42 bits per heavy atom. The van der Waals surface area contributed by atoms with Gasteiger partial charge in [0.1, 0.15) is 12.4 Å². The Morgan fingerprint density at radius 3 is 2.84 bits per heavy atom. The van der Waals surface area contributed by atoms with Crippen LogP contribution in [0, 0.1) is 0 Å². The fourth-order valence-corrected chi connectivity index (χ4v) is 2.05. The van der Waals surface area contributed by atoms with E-state index in [0.29, 0.717) is 11.0 Å². The molecule has 0 radical (unpaired) electrons.